The SMILES string of the molecule is O=c1oc2c(O)c(O)cc3c(=O)oc4c(O)c(O)cc1c4c23.O=c1oc2c(O)c(O)cc3c(=O)oc4c(O)c(O)cc1c4c23. The smallest absolute Gasteiger partial charge is 0.344 e. The summed E-state index contributed by atoms with van der Waals surface area (Å²) in [5.41, 5.74) is -5.39. The van der Waals surface area contributed by atoms with E-state index < -0.39 is 90.8 Å². The zero-order chi connectivity index (χ0) is 31.5. The van der Waals surface area contributed by atoms with Crippen LogP contribution in [0.1, 0.15) is 0 Å². The van der Waals surface area contributed by atoms with E-state index in [0.29, 0.717) is 0 Å². The van der Waals surface area contributed by atoms with Crippen LogP contribution in [0.2, 0.25) is 0 Å². The lowest BCUT2D eigenvalue weighted by atomic mass is 10.0. The molecule has 16 nitrogen and oxygen atoms in total. The molecule has 0 aliphatic heterocycles. The van der Waals surface area contributed by atoms with Crippen molar-refractivity contribution in [3.05, 3.63) is 65.9 Å². The van der Waals surface area contributed by atoms with E-state index in [4.69, 9.17) is 17.7 Å². The summed E-state index contributed by atoms with van der Waals surface area (Å²) in [7, 11) is 0. The molecule has 4 heterocycles. The second-order valence-electron chi connectivity index (χ2n) is 9.54. The molecule has 0 radical (unpaired) electrons. The first-order chi connectivity index (χ1) is 20.8. The van der Waals surface area contributed by atoms with Crippen LogP contribution in [0, 0.1) is 0 Å². The standard InChI is InChI=1S/2C14H6O8/c2*15-5-1-3-7-8-4(14(20)22-11(7)9(5)17)2-6(16)10(18)12(8)21-13(3)19/h2*1-2,15-18H. The van der Waals surface area contributed by atoms with E-state index in [0.717, 1.165) is 24.3 Å². The maximum atomic E-state index is 12.0. The normalized spacial score (nSPS) is 11.8. The maximum absolute atomic E-state index is 12.0. The molecule has 8 N–H and O–H groups in total. The molecule has 4 aromatic carbocycles. The van der Waals surface area contributed by atoms with Crippen LogP contribution in [0.3, 0.4) is 0 Å². The molecule has 0 atom stereocenters. The first kappa shape index (κ1) is 26.1. The Morgan fingerprint density at radius 1 is 0.341 bits per heavy atom. The minimum Gasteiger partial charge on any atom is -0.504 e. The molecule has 0 amide bonds. The molecule has 0 aliphatic rings. The summed E-state index contributed by atoms with van der Waals surface area (Å²) in [6, 6.07) is 3.86. The van der Waals surface area contributed by atoms with Crippen molar-refractivity contribution in [3.63, 3.8) is 0 Å². The highest BCUT2D eigenvalue weighted by Crippen LogP contribution is 2.46. The zero-order valence-corrected chi connectivity index (χ0v) is 21.2. The number of phenols is 8. The minimum absolute atomic E-state index is 0.00597. The van der Waals surface area contributed by atoms with E-state index >= 15 is 0 Å². The fourth-order valence-corrected chi connectivity index (χ4v) is 5.16. The first-order valence-corrected chi connectivity index (χ1v) is 12.0. The van der Waals surface area contributed by atoms with Gasteiger partial charge in [-0.25, -0.2) is 19.2 Å². The number of phenolic OH excluding ortho intramolecular Hbond substituents is 8. The third-order valence-electron chi connectivity index (χ3n) is 7.10. The topological polar surface area (TPSA) is 283 Å². The van der Waals surface area contributed by atoms with E-state index in [2.05, 4.69) is 0 Å². The molecule has 0 fully saturated rings. The second-order valence-corrected chi connectivity index (χ2v) is 9.54. The van der Waals surface area contributed by atoms with Crippen molar-refractivity contribution in [3.8, 4) is 46.0 Å². The molecule has 0 bridgehead atoms. The highest BCUT2D eigenvalue weighted by molar-refractivity contribution is 6.23. The molecule has 0 unspecified atom stereocenters. The molecule has 220 valence electrons. The van der Waals surface area contributed by atoms with Gasteiger partial charge in [-0.15, -0.1) is 0 Å². The first-order valence-electron chi connectivity index (χ1n) is 12.0. The summed E-state index contributed by atoms with van der Waals surface area (Å²) in [6.45, 7) is 0. The van der Waals surface area contributed by atoms with Crippen LogP contribution in [-0.4, -0.2) is 40.9 Å². The van der Waals surface area contributed by atoms with Crippen molar-refractivity contribution in [2.75, 3.05) is 0 Å². The molecule has 0 aliphatic carbocycles. The van der Waals surface area contributed by atoms with Crippen molar-refractivity contribution >= 4 is 65.4 Å². The molecule has 0 saturated heterocycles. The van der Waals surface area contributed by atoms with Gasteiger partial charge in [0.05, 0.1) is 21.5 Å². The van der Waals surface area contributed by atoms with Crippen LogP contribution in [-0.2, 0) is 0 Å². The third kappa shape index (κ3) is 3.20. The van der Waals surface area contributed by atoms with Gasteiger partial charge >= 0.3 is 22.5 Å². The maximum Gasteiger partial charge on any atom is 0.344 e. The molecular formula is C28H12O16. The lowest BCUT2D eigenvalue weighted by Crippen LogP contribution is -2.06. The van der Waals surface area contributed by atoms with Crippen molar-refractivity contribution in [1.29, 1.82) is 0 Å². The van der Waals surface area contributed by atoms with Gasteiger partial charge in [0.2, 0.25) is 23.0 Å². The predicted molar refractivity (Wildman–Crippen MR) is 148 cm³/mol. The van der Waals surface area contributed by atoms with Crippen LogP contribution < -0.4 is 22.5 Å². The average Bonchev–Trinajstić information content (AvgIpc) is 2.97. The fourth-order valence-electron chi connectivity index (χ4n) is 5.16. The van der Waals surface area contributed by atoms with Crippen molar-refractivity contribution in [2.24, 2.45) is 0 Å². The van der Waals surface area contributed by atoms with Gasteiger partial charge in [-0.3, -0.25) is 0 Å². The highest BCUT2D eigenvalue weighted by Gasteiger charge is 2.26. The third-order valence-corrected chi connectivity index (χ3v) is 7.10. The summed E-state index contributed by atoms with van der Waals surface area (Å²) in [5.74, 6) is -5.50. The number of hydrogen-bond acceptors (Lipinski definition) is 16. The Morgan fingerprint density at radius 3 is 0.705 bits per heavy atom. The van der Waals surface area contributed by atoms with Gasteiger partial charge in [0.25, 0.3) is 0 Å². The molecule has 0 saturated carbocycles. The highest BCUT2D eigenvalue weighted by atomic mass is 16.4. The van der Waals surface area contributed by atoms with Gasteiger partial charge in [-0.2, -0.15) is 0 Å². The molecule has 16 heteroatoms. The van der Waals surface area contributed by atoms with Crippen LogP contribution in [0.15, 0.2) is 61.1 Å². The molecule has 8 rings (SSSR count). The van der Waals surface area contributed by atoms with Crippen molar-refractivity contribution in [1.82, 2.24) is 0 Å². The van der Waals surface area contributed by atoms with Crippen LogP contribution >= 0.6 is 0 Å². The molecule has 4 aromatic heterocycles. The number of benzene rings is 4. The molecule has 0 spiro atoms. The monoisotopic (exact) mass is 604 g/mol. The lowest BCUT2D eigenvalue weighted by molar-refractivity contribution is 0.395. The van der Waals surface area contributed by atoms with Gasteiger partial charge in [-0.05, 0) is 24.3 Å². The quantitative estimate of drug-likeness (QED) is 0.0701. The average molecular weight is 604 g/mol. The largest absolute Gasteiger partial charge is 0.504 e. The zero-order valence-electron chi connectivity index (χ0n) is 21.2. The Morgan fingerprint density at radius 2 is 0.523 bits per heavy atom. The van der Waals surface area contributed by atoms with E-state index in [1.54, 1.807) is 0 Å². The summed E-state index contributed by atoms with van der Waals surface area (Å²) in [5, 5.41) is 77.3. The minimum atomic E-state index is -0.941. The number of rotatable bonds is 0. The Labute approximate surface area is 236 Å². The number of hydrogen-bond donors (Lipinski definition) is 8. The van der Waals surface area contributed by atoms with Crippen molar-refractivity contribution in [2.45, 2.75) is 0 Å². The van der Waals surface area contributed by atoms with Gasteiger partial charge < -0.3 is 58.5 Å². The Hall–Kier alpha value is -6.84. The second kappa shape index (κ2) is 8.35. The van der Waals surface area contributed by atoms with E-state index in [-0.39, 0.29) is 43.1 Å². The van der Waals surface area contributed by atoms with Gasteiger partial charge in [0.1, 0.15) is 0 Å². The Bertz CT molecular complexity index is 2400. The van der Waals surface area contributed by atoms with Crippen LogP contribution in [0.5, 0.6) is 46.0 Å². The Kier molecular flexibility index (Phi) is 4.95. The van der Waals surface area contributed by atoms with E-state index in [1.165, 1.54) is 0 Å². The summed E-state index contributed by atoms with van der Waals surface area (Å²) >= 11 is 0. The van der Waals surface area contributed by atoms with Crippen molar-refractivity contribution < 1.29 is 58.5 Å². The Balaban J connectivity index is 0.000000142. The molecular weight excluding hydrogens is 592 g/mol. The molecule has 44 heavy (non-hydrogen) atoms. The fraction of sp³-hybridized carbons (Fsp3) is 0. The van der Waals surface area contributed by atoms with Crippen LogP contribution in [0.25, 0.3) is 65.4 Å². The summed E-state index contributed by atoms with van der Waals surface area (Å²) in [4.78, 5) is 48.0. The number of aromatic hydroxyl groups is 8. The van der Waals surface area contributed by atoms with Gasteiger partial charge in [0, 0.05) is 21.5 Å². The van der Waals surface area contributed by atoms with Gasteiger partial charge in [-0.1, -0.05) is 0 Å². The summed E-state index contributed by atoms with van der Waals surface area (Å²) in [6.07, 6.45) is 0. The predicted octanol–water partition coefficient (Wildman–Crippen LogP) is 2.63. The van der Waals surface area contributed by atoms with Gasteiger partial charge in [0.15, 0.2) is 45.3 Å². The lowest BCUT2D eigenvalue weighted by Gasteiger charge is -2.10. The van der Waals surface area contributed by atoms with E-state index in [1.807, 2.05) is 0 Å². The molecule has 8 aromatic rings. The van der Waals surface area contributed by atoms with E-state index in [9.17, 15) is 60.0 Å². The summed E-state index contributed by atoms with van der Waals surface area (Å²) < 4.78 is 19.7. The van der Waals surface area contributed by atoms with Crippen LogP contribution in [0.4, 0.5) is 0 Å².